The molecule has 0 nitrogen and oxygen atoms in total. The van der Waals surface area contributed by atoms with E-state index in [1.54, 1.807) is 0 Å². The zero-order chi connectivity index (χ0) is 12.4. The first kappa shape index (κ1) is 16.5. The summed E-state index contributed by atoms with van der Waals surface area (Å²) in [7, 11) is 20.1. The molecule has 0 fully saturated rings. The van der Waals surface area contributed by atoms with Crippen LogP contribution in [-0.2, 0) is 15.5 Å². The van der Waals surface area contributed by atoms with Gasteiger partial charge in [0.25, 0.3) is 0 Å². The maximum atomic E-state index is 5.04. The van der Waals surface area contributed by atoms with E-state index >= 15 is 0 Å². The predicted molar refractivity (Wildman–Crippen MR) is 69.1 cm³/mol. The van der Waals surface area contributed by atoms with Crippen molar-refractivity contribution in [2.24, 2.45) is 0 Å². The van der Waals surface area contributed by atoms with Gasteiger partial charge in [0.1, 0.15) is 0 Å². The number of hydrogen-bond donors (Lipinski definition) is 0. The van der Waals surface area contributed by atoms with Crippen LogP contribution < -0.4 is 0 Å². The average Bonchev–Trinajstić information content (AvgIpc) is 2.21. The van der Waals surface area contributed by atoms with Crippen LogP contribution in [0.5, 0.6) is 0 Å². The molecule has 0 atom stereocenters. The van der Waals surface area contributed by atoms with Crippen molar-refractivity contribution in [2.45, 2.75) is 34.6 Å². The summed E-state index contributed by atoms with van der Waals surface area (Å²) in [6.07, 6.45) is 0. The fraction of sp³-hybridized carbons (Fsp3) is 0.500. The van der Waals surface area contributed by atoms with Crippen molar-refractivity contribution in [2.75, 3.05) is 0 Å². The van der Waals surface area contributed by atoms with Gasteiger partial charge in [-0.1, -0.05) is 18.1 Å². The van der Waals surface area contributed by atoms with Crippen LogP contribution in [-0.4, -0.2) is 0 Å². The molecule has 1 aliphatic rings. The summed E-state index contributed by atoms with van der Waals surface area (Å²) < 4.78 is 0. The van der Waals surface area contributed by atoms with Crippen molar-refractivity contribution in [1.29, 1.82) is 0 Å². The second kappa shape index (κ2) is 6.45. The van der Waals surface area contributed by atoms with Gasteiger partial charge in [0.05, 0.1) is 0 Å². The van der Waals surface area contributed by atoms with Gasteiger partial charge in [0, 0.05) is 5.92 Å². The van der Waals surface area contributed by atoms with Crippen LogP contribution in [0.25, 0.3) is 0 Å². The Hall–Kier alpha value is 1.52. The monoisotopic (exact) mass is 365 g/mol. The topological polar surface area (TPSA) is 0 Å². The van der Waals surface area contributed by atoms with Crippen LogP contribution in [0.2, 0.25) is 0 Å². The molecule has 1 rings (SSSR count). The van der Waals surface area contributed by atoms with E-state index in [1.807, 2.05) is 0 Å². The van der Waals surface area contributed by atoms with Gasteiger partial charge in [-0.15, -0.1) is 0 Å². The molecule has 0 N–H and O–H groups in total. The first-order chi connectivity index (χ1) is 6.55. The average molecular weight is 368 g/mol. The van der Waals surface area contributed by atoms with Crippen molar-refractivity contribution >= 4 is 34.1 Å². The molecular formula is C10H15Cl4Zr. The van der Waals surface area contributed by atoms with Crippen LogP contribution in [0.3, 0.4) is 0 Å². The number of hydrogen-bond acceptors (Lipinski definition) is 0. The fourth-order valence-electron chi connectivity index (χ4n) is 1.41. The van der Waals surface area contributed by atoms with E-state index in [0.717, 1.165) is 0 Å². The Balaban J connectivity index is 0.000000336. The summed E-state index contributed by atoms with van der Waals surface area (Å²) in [4.78, 5) is 0. The zero-order valence-electron chi connectivity index (χ0n) is 9.51. The van der Waals surface area contributed by atoms with Crippen LogP contribution in [0, 0.1) is 5.92 Å². The molecule has 5 heteroatoms. The first-order valence-corrected chi connectivity index (χ1v) is 17.2. The SMILES string of the molecule is C[C]1C(C)=C(C)C(C)=C1C.[Cl][Zr]([Cl])([Cl])[Cl]. The van der Waals surface area contributed by atoms with Crippen molar-refractivity contribution in [3.8, 4) is 0 Å². The second-order valence-corrected chi connectivity index (χ2v) is 25.9. The molecule has 0 unspecified atom stereocenters. The molecule has 0 aliphatic heterocycles. The van der Waals surface area contributed by atoms with Gasteiger partial charge >= 0.3 is 49.5 Å². The minimum absolute atomic E-state index is 1.47. The molecular weight excluding hydrogens is 353 g/mol. The Morgan fingerprint density at radius 2 is 0.800 bits per heavy atom. The molecule has 0 bridgehead atoms. The number of rotatable bonds is 0. The van der Waals surface area contributed by atoms with Crippen LogP contribution in [0.15, 0.2) is 22.3 Å². The van der Waals surface area contributed by atoms with Gasteiger partial charge in [-0.05, 0) is 38.8 Å². The molecule has 87 valence electrons. The molecule has 1 aliphatic carbocycles. The van der Waals surface area contributed by atoms with Gasteiger partial charge in [-0.2, -0.15) is 0 Å². The third-order valence-electron chi connectivity index (χ3n) is 2.81. The van der Waals surface area contributed by atoms with E-state index in [1.165, 1.54) is 28.2 Å². The molecule has 0 saturated heterocycles. The zero-order valence-corrected chi connectivity index (χ0v) is 15.0. The molecule has 0 heterocycles. The van der Waals surface area contributed by atoms with Crippen molar-refractivity contribution in [1.82, 2.24) is 0 Å². The summed E-state index contributed by atoms with van der Waals surface area (Å²) in [5.41, 5.74) is 5.87. The maximum absolute atomic E-state index is 5.04. The Bertz CT molecular complexity index is 269. The summed E-state index contributed by atoms with van der Waals surface area (Å²) >= 11 is -3.29. The van der Waals surface area contributed by atoms with Gasteiger partial charge < -0.3 is 0 Å². The second-order valence-electron chi connectivity index (χ2n) is 3.55. The van der Waals surface area contributed by atoms with E-state index in [9.17, 15) is 0 Å². The molecule has 0 aromatic heterocycles. The van der Waals surface area contributed by atoms with Crippen LogP contribution in [0.4, 0.5) is 0 Å². The fourth-order valence-corrected chi connectivity index (χ4v) is 1.41. The minimum atomic E-state index is -3.29. The van der Waals surface area contributed by atoms with Crippen molar-refractivity contribution < 1.29 is 15.5 Å². The van der Waals surface area contributed by atoms with E-state index in [0.29, 0.717) is 0 Å². The number of allylic oxidation sites excluding steroid dienone is 4. The summed E-state index contributed by atoms with van der Waals surface area (Å²) in [5, 5.41) is 0. The molecule has 0 aromatic carbocycles. The normalized spacial score (nSPS) is 18.2. The molecule has 1 radical (unpaired) electrons. The molecule has 0 aromatic rings. The molecule has 0 amide bonds. The third kappa shape index (κ3) is 6.13. The third-order valence-corrected chi connectivity index (χ3v) is 2.81. The summed E-state index contributed by atoms with van der Waals surface area (Å²) in [6.45, 7) is 11.0. The molecule has 0 spiro atoms. The number of halogens is 4. The summed E-state index contributed by atoms with van der Waals surface area (Å²) in [5.74, 6) is 1.47. The Morgan fingerprint density at radius 1 is 0.600 bits per heavy atom. The predicted octanol–water partition coefficient (Wildman–Crippen LogP) is 6.02. The van der Waals surface area contributed by atoms with Crippen LogP contribution in [0.1, 0.15) is 34.6 Å². The summed E-state index contributed by atoms with van der Waals surface area (Å²) in [6, 6.07) is 0. The molecule has 0 saturated carbocycles. The van der Waals surface area contributed by atoms with E-state index < -0.39 is 15.5 Å². The standard InChI is InChI=1S/C10H15.4ClH.Zr/c1-6-7(2)9(4)10(5)8(6)3;;;;;/h1-5H3;4*1H;/q;;;;;+4/p-4. The van der Waals surface area contributed by atoms with Crippen LogP contribution >= 0.6 is 34.1 Å². The Kier molecular flexibility index (Phi) is 7.11. The van der Waals surface area contributed by atoms with Crippen molar-refractivity contribution in [3.63, 3.8) is 0 Å². The van der Waals surface area contributed by atoms with Crippen molar-refractivity contribution in [3.05, 3.63) is 28.2 Å². The van der Waals surface area contributed by atoms with Gasteiger partial charge in [-0.3, -0.25) is 0 Å². The first-order valence-electron chi connectivity index (χ1n) is 4.51. The molecule has 15 heavy (non-hydrogen) atoms. The van der Waals surface area contributed by atoms with E-state index in [-0.39, 0.29) is 0 Å². The quantitative estimate of drug-likeness (QED) is 0.490. The van der Waals surface area contributed by atoms with E-state index in [2.05, 4.69) is 34.6 Å². The Labute approximate surface area is 111 Å². The van der Waals surface area contributed by atoms with Gasteiger partial charge in [0.15, 0.2) is 0 Å². The van der Waals surface area contributed by atoms with Gasteiger partial charge in [-0.25, -0.2) is 0 Å². The van der Waals surface area contributed by atoms with E-state index in [4.69, 9.17) is 34.1 Å². The Morgan fingerprint density at radius 3 is 0.867 bits per heavy atom. The van der Waals surface area contributed by atoms with Gasteiger partial charge in [0.2, 0.25) is 0 Å².